The molecule has 1 saturated carbocycles. The summed E-state index contributed by atoms with van der Waals surface area (Å²) in [7, 11) is 0. The highest BCUT2D eigenvalue weighted by atomic mass is 79.9. The second-order valence-corrected chi connectivity index (χ2v) is 7.24. The smallest absolute Gasteiger partial charge is 0.251 e. The average molecular weight is 342 g/mol. The minimum absolute atomic E-state index is 0.0457. The lowest BCUT2D eigenvalue weighted by molar-refractivity contribution is 0.0944. The molecule has 2 nitrogen and oxygen atoms in total. The number of benzene rings is 1. The van der Waals surface area contributed by atoms with E-state index in [1.165, 1.54) is 30.6 Å². The Kier molecular flexibility index (Phi) is 5.76. The van der Waals surface area contributed by atoms with Crippen molar-refractivity contribution in [2.45, 2.75) is 35.4 Å². The topological polar surface area (TPSA) is 29.1 Å². The van der Waals surface area contributed by atoms with Crippen LogP contribution in [0.5, 0.6) is 0 Å². The number of hydrogen-bond acceptors (Lipinski definition) is 2. The Morgan fingerprint density at radius 2 is 2.11 bits per heavy atom. The summed E-state index contributed by atoms with van der Waals surface area (Å²) in [5.41, 5.74) is 0.754. The van der Waals surface area contributed by atoms with Crippen LogP contribution in [-0.2, 0) is 0 Å². The van der Waals surface area contributed by atoms with Crippen molar-refractivity contribution in [1.29, 1.82) is 0 Å². The van der Waals surface area contributed by atoms with E-state index >= 15 is 0 Å². The second kappa shape index (κ2) is 7.34. The highest BCUT2D eigenvalue weighted by Crippen LogP contribution is 2.28. The van der Waals surface area contributed by atoms with Gasteiger partial charge in [0.05, 0.1) is 0 Å². The van der Waals surface area contributed by atoms with Crippen molar-refractivity contribution < 1.29 is 4.79 Å². The third-order valence-corrected chi connectivity index (χ3v) is 5.20. The van der Waals surface area contributed by atoms with E-state index in [0.29, 0.717) is 10.7 Å². The summed E-state index contributed by atoms with van der Waals surface area (Å²) in [4.78, 5) is 13.9. The van der Waals surface area contributed by atoms with Gasteiger partial charge in [-0.3, -0.25) is 4.79 Å². The Balaban J connectivity index is 1.83. The molecule has 1 aromatic rings. The number of halogens is 1. The largest absolute Gasteiger partial charge is 0.352 e. The fourth-order valence-electron chi connectivity index (χ4n) is 2.49. The van der Waals surface area contributed by atoms with E-state index < -0.39 is 0 Å². The molecule has 2 atom stereocenters. The van der Waals surface area contributed by atoms with Gasteiger partial charge in [0.25, 0.3) is 5.91 Å². The van der Waals surface area contributed by atoms with Crippen LogP contribution in [0.4, 0.5) is 0 Å². The molecule has 0 radical (unpaired) electrons. The quantitative estimate of drug-likeness (QED) is 0.660. The number of alkyl halides is 1. The van der Waals surface area contributed by atoms with Crippen molar-refractivity contribution in [2.75, 3.05) is 12.8 Å². The number of thioether (sulfide) groups is 1. The lowest BCUT2D eigenvalue weighted by Crippen LogP contribution is -2.31. The van der Waals surface area contributed by atoms with Crippen molar-refractivity contribution in [3.63, 3.8) is 0 Å². The molecule has 1 aliphatic rings. The number of amides is 1. The number of hydrogen-bond donors (Lipinski definition) is 1. The molecule has 1 amide bonds. The van der Waals surface area contributed by atoms with Crippen LogP contribution in [0, 0.1) is 5.92 Å². The Hall–Kier alpha value is -0.480. The Bertz CT molecular complexity index is 421. The maximum absolute atomic E-state index is 12.0. The highest BCUT2D eigenvalue weighted by molar-refractivity contribution is 9.09. The van der Waals surface area contributed by atoms with Crippen LogP contribution in [0.25, 0.3) is 0 Å². The molecule has 0 spiro atoms. The van der Waals surface area contributed by atoms with Gasteiger partial charge < -0.3 is 5.32 Å². The Morgan fingerprint density at radius 3 is 2.74 bits per heavy atom. The first-order valence-corrected chi connectivity index (χ1v) is 8.89. The molecule has 19 heavy (non-hydrogen) atoms. The van der Waals surface area contributed by atoms with Gasteiger partial charge in [0, 0.05) is 21.8 Å². The zero-order valence-corrected chi connectivity index (χ0v) is 13.6. The van der Waals surface area contributed by atoms with Gasteiger partial charge in [0.1, 0.15) is 0 Å². The lowest BCUT2D eigenvalue weighted by Gasteiger charge is -2.25. The number of carbonyl (C=O) groups is 1. The van der Waals surface area contributed by atoms with Crippen molar-refractivity contribution in [3.8, 4) is 0 Å². The number of carbonyl (C=O) groups excluding carboxylic acids is 1. The molecular formula is C15H20BrNOS. The van der Waals surface area contributed by atoms with Crippen LogP contribution in [0.1, 0.15) is 36.0 Å². The molecular weight excluding hydrogens is 322 g/mol. The lowest BCUT2D eigenvalue weighted by atomic mass is 9.89. The molecule has 0 heterocycles. The Labute approximate surface area is 127 Å². The number of nitrogens with one attached hydrogen (secondary N) is 1. The van der Waals surface area contributed by atoms with Crippen molar-refractivity contribution in [2.24, 2.45) is 5.92 Å². The van der Waals surface area contributed by atoms with Crippen LogP contribution in [0.2, 0.25) is 0 Å². The maximum Gasteiger partial charge on any atom is 0.251 e. The van der Waals surface area contributed by atoms with Gasteiger partial charge in [0.15, 0.2) is 0 Å². The summed E-state index contributed by atoms with van der Waals surface area (Å²) in [6.45, 7) is 0.797. The third kappa shape index (κ3) is 4.53. The van der Waals surface area contributed by atoms with Crippen LogP contribution in [0.15, 0.2) is 29.2 Å². The molecule has 0 aliphatic heterocycles. The molecule has 104 valence electrons. The third-order valence-electron chi connectivity index (χ3n) is 3.62. The zero-order chi connectivity index (χ0) is 13.7. The highest BCUT2D eigenvalue weighted by Gasteiger charge is 2.20. The summed E-state index contributed by atoms with van der Waals surface area (Å²) >= 11 is 5.37. The molecule has 2 rings (SSSR count). The molecule has 1 N–H and O–H groups in total. The molecule has 1 aromatic carbocycles. The molecule has 4 heteroatoms. The van der Waals surface area contributed by atoms with Gasteiger partial charge in [0.2, 0.25) is 0 Å². The van der Waals surface area contributed by atoms with Crippen LogP contribution in [0.3, 0.4) is 0 Å². The van der Waals surface area contributed by atoms with E-state index in [1.54, 1.807) is 11.8 Å². The summed E-state index contributed by atoms with van der Waals surface area (Å²) in [6.07, 6.45) is 6.97. The molecule has 0 bridgehead atoms. The minimum atomic E-state index is 0.0457. The first-order chi connectivity index (χ1) is 9.19. The van der Waals surface area contributed by atoms with Gasteiger partial charge in [-0.25, -0.2) is 0 Å². The SMILES string of the molecule is CSc1ccc(C(=O)NCC2CCCC(Br)C2)cc1. The number of rotatable bonds is 4. The van der Waals surface area contributed by atoms with E-state index in [4.69, 9.17) is 0 Å². The van der Waals surface area contributed by atoms with E-state index in [0.717, 1.165) is 12.1 Å². The van der Waals surface area contributed by atoms with Crippen molar-refractivity contribution >= 4 is 33.6 Å². The molecule has 2 unspecified atom stereocenters. The normalized spacial score (nSPS) is 23.1. The average Bonchev–Trinajstić information content (AvgIpc) is 2.45. The first kappa shape index (κ1) is 14.9. The standard InChI is InChI=1S/C15H20BrNOS/c1-19-14-7-5-12(6-8-14)15(18)17-10-11-3-2-4-13(16)9-11/h5-8,11,13H,2-4,9-10H2,1H3,(H,17,18). The van der Waals surface area contributed by atoms with E-state index in [-0.39, 0.29) is 5.91 Å². The van der Waals surface area contributed by atoms with Gasteiger partial charge in [-0.05, 0) is 55.7 Å². The van der Waals surface area contributed by atoms with Crippen molar-refractivity contribution in [1.82, 2.24) is 5.32 Å². The predicted octanol–water partition coefficient (Wildman–Crippen LogP) is 4.09. The molecule has 1 fully saturated rings. The van der Waals surface area contributed by atoms with Crippen LogP contribution < -0.4 is 5.32 Å². The predicted molar refractivity (Wildman–Crippen MR) is 85.2 cm³/mol. The zero-order valence-electron chi connectivity index (χ0n) is 11.2. The Morgan fingerprint density at radius 1 is 1.37 bits per heavy atom. The van der Waals surface area contributed by atoms with Gasteiger partial charge in [-0.15, -0.1) is 11.8 Å². The minimum Gasteiger partial charge on any atom is -0.352 e. The summed E-state index contributed by atoms with van der Waals surface area (Å²) in [5, 5.41) is 3.06. The van der Waals surface area contributed by atoms with Crippen molar-refractivity contribution in [3.05, 3.63) is 29.8 Å². The van der Waals surface area contributed by atoms with E-state index in [9.17, 15) is 4.79 Å². The van der Waals surface area contributed by atoms with Gasteiger partial charge in [-0.1, -0.05) is 22.4 Å². The molecule has 0 saturated heterocycles. The fraction of sp³-hybridized carbons (Fsp3) is 0.533. The second-order valence-electron chi connectivity index (χ2n) is 5.07. The maximum atomic E-state index is 12.0. The fourth-order valence-corrected chi connectivity index (χ4v) is 3.75. The summed E-state index contributed by atoms with van der Waals surface area (Å²) in [5.74, 6) is 0.664. The summed E-state index contributed by atoms with van der Waals surface area (Å²) in [6, 6.07) is 7.79. The summed E-state index contributed by atoms with van der Waals surface area (Å²) < 4.78 is 0. The van der Waals surface area contributed by atoms with E-state index in [2.05, 4.69) is 21.2 Å². The molecule has 1 aliphatic carbocycles. The monoisotopic (exact) mass is 341 g/mol. The van der Waals surface area contributed by atoms with Gasteiger partial charge in [-0.2, -0.15) is 0 Å². The molecule has 0 aromatic heterocycles. The van der Waals surface area contributed by atoms with Crippen LogP contribution in [-0.4, -0.2) is 23.5 Å². The van der Waals surface area contributed by atoms with E-state index in [1.807, 2.05) is 30.5 Å². The first-order valence-electron chi connectivity index (χ1n) is 6.75. The van der Waals surface area contributed by atoms with Gasteiger partial charge >= 0.3 is 0 Å². The van der Waals surface area contributed by atoms with Crippen LogP contribution >= 0.6 is 27.7 Å².